The number of hydrogen-bond donors (Lipinski definition) is 0. The van der Waals surface area contributed by atoms with Crippen LogP contribution < -0.4 is 4.90 Å². The Kier molecular flexibility index (Phi) is 7.88. The Balaban J connectivity index is 1.57. The van der Waals surface area contributed by atoms with Crippen molar-refractivity contribution < 1.29 is 30.7 Å². The molecule has 0 unspecified atom stereocenters. The van der Waals surface area contributed by atoms with Gasteiger partial charge in [0.15, 0.2) is 0 Å². The fourth-order valence-electron chi connectivity index (χ4n) is 5.87. The summed E-state index contributed by atoms with van der Waals surface area (Å²) >= 11 is 0. The number of rotatable bonds is 6. The third kappa shape index (κ3) is 5.98. The lowest BCUT2D eigenvalue weighted by Crippen LogP contribution is -2.12. The molecule has 0 amide bonds. The summed E-state index contributed by atoms with van der Waals surface area (Å²) < 4.78 is 101. The van der Waals surface area contributed by atoms with Crippen LogP contribution in [0.1, 0.15) is 0 Å². The lowest BCUT2D eigenvalue weighted by molar-refractivity contribution is 0.583. The molecule has 0 aliphatic carbocycles. The number of aromatic nitrogens is 1. The van der Waals surface area contributed by atoms with Crippen molar-refractivity contribution in [3.8, 4) is 33.4 Å². The summed E-state index contributed by atoms with van der Waals surface area (Å²) in [6.45, 7) is 0. The first-order valence-electron chi connectivity index (χ1n) is 14.6. The van der Waals surface area contributed by atoms with Crippen LogP contribution in [0.15, 0.2) is 128 Å². The number of fused-ring (bicyclic) bond motifs is 1. The zero-order valence-corrected chi connectivity index (χ0v) is 24.7. The second-order valence-corrected chi connectivity index (χ2v) is 11.1. The first-order chi connectivity index (χ1) is 23.1. The maximum atomic E-state index is 14.5. The van der Waals surface area contributed by atoms with E-state index in [1.807, 2.05) is 0 Å². The molecule has 2 nitrogen and oxygen atoms in total. The molecule has 0 fully saturated rings. The van der Waals surface area contributed by atoms with E-state index in [4.69, 9.17) is 0 Å². The Labute approximate surface area is 270 Å². The lowest BCUT2D eigenvalue weighted by Gasteiger charge is -2.29. The molecule has 0 aliphatic rings. The molecule has 6 aromatic carbocycles. The van der Waals surface area contributed by atoms with Crippen LogP contribution in [0.3, 0.4) is 0 Å². The zero-order chi connectivity index (χ0) is 33.5. The average Bonchev–Trinajstić information content (AvgIpc) is 3.04. The molecular weight excluding hydrogens is 629 g/mol. The molecule has 9 heteroatoms. The molecule has 48 heavy (non-hydrogen) atoms. The topological polar surface area (TPSA) is 16.1 Å². The molecule has 236 valence electrons. The van der Waals surface area contributed by atoms with Crippen LogP contribution in [0.2, 0.25) is 0 Å². The first-order valence-corrected chi connectivity index (χ1v) is 14.6. The van der Waals surface area contributed by atoms with Gasteiger partial charge < -0.3 is 4.90 Å². The van der Waals surface area contributed by atoms with Crippen LogP contribution in [-0.2, 0) is 0 Å². The van der Waals surface area contributed by atoms with Gasteiger partial charge in [-0.1, -0.05) is 18.2 Å². The van der Waals surface area contributed by atoms with Crippen molar-refractivity contribution in [1.82, 2.24) is 4.98 Å². The highest BCUT2D eigenvalue weighted by molar-refractivity contribution is 6.06. The molecule has 0 spiro atoms. The Morgan fingerprint density at radius 2 is 0.896 bits per heavy atom. The molecular formula is C39H21F7N2. The number of hydrogen-bond acceptors (Lipinski definition) is 2. The van der Waals surface area contributed by atoms with E-state index in [9.17, 15) is 30.7 Å². The van der Waals surface area contributed by atoms with Gasteiger partial charge in [0.25, 0.3) is 0 Å². The fourth-order valence-corrected chi connectivity index (χ4v) is 5.87. The maximum Gasteiger partial charge on any atom is 0.126 e. The molecule has 0 atom stereocenters. The fraction of sp³-hybridized carbons (Fsp3) is 0. The normalized spacial score (nSPS) is 11.2. The molecule has 1 heterocycles. The van der Waals surface area contributed by atoms with Gasteiger partial charge in [-0.25, -0.2) is 30.7 Å². The minimum Gasteiger partial charge on any atom is -0.309 e. The second-order valence-electron chi connectivity index (χ2n) is 11.1. The van der Waals surface area contributed by atoms with Crippen LogP contribution in [-0.4, -0.2) is 4.98 Å². The third-order valence-electron chi connectivity index (χ3n) is 7.84. The maximum absolute atomic E-state index is 14.5. The van der Waals surface area contributed by atoms with E-state index in [-0.39, 0.29) is 27.8 Å². The summed E-state index contributed by atoms with van der Waals surface area (Å²) in [5, 5.41) is 0.379. The summed E-state index contributed by atoms with van der Waals surface area (Å²) in [6.07, 6.45) is 1.47. The van der Waals surface area contributed by atoms with Gasteiger partial charge in [-0.3, -0.25) is 4.98 Å². The van der Waals surface area contributed by atoms with Crippen molar-refractivity contribution in [2.45, 2.75) is 0 Å². The molecule has 0 radical (unpaired) electrons. The van der Waals surface area contributed by atoms with Gasteiger partial charge in [0.05, 0.1) is 16.9 Å². The van der Waals surface area contributed by atoms with E-state index in [1.54, 1.807) is 41.3 Å². The van der Waals surface area contributed by atoms with E-state index in [1.165, 1.54) is 48.7 Å². The Bertz CT molecular complexity index is 2280. The number of nitrogens with zero attached hydrogens (tertiary/aromatic N) is 2. The van der Waals surface area contributed by atoms with Gasteiger partial charge in [-0.05, 0) is 107 Å². The van der Waals surface area contributed by atoms with E-state index in [0.29, 0.717) is 33.6 Å². The van der Waals surface area contributed by atoms with Gasteiger partial charge >= 0.3 is 0 Å². The molecule has 7 rings (SSSR count). The first kappa shape index (κ1) is 30.7. The van der Waals surface area contributed by atoms with Crippen molar-refractivity contribution in [3.05, 3.63) is 168 Å². The van der Waals surface area contributed by atoms with Crippen LogP contribution >= 0.6 is 0 Å². The van der Waals surface area contributed by atoms with Gasteiger partial charge in [0.1, 0.15) is 40.7 Å². The Morgan fingerprint density at radius 3 is 1.48 bits per heavy atom. The van der Waals surface area contributed by atoms with Crippen LogP contribution in [0.25, 0.3) is 44.3 Å². The SMILES string of the molecule is Fc1ccc(N(c2ccccc2-c2cc(F)cc(F)c2)c2ccnc3c(-c4cc(F)cc(F)c4)cc(-c4cc(F)cc(F)c4)cc23)cc1. The summed E-state index contributed by atoms with van der Waals surface area (Å²) in [5.74, 6) is -5.45. The smallest absolute Gasteiger partial charge is 0.126 e. The van der Waals surface area contributed by atoms with E-state index < -0.39 is 40.7 Å². The third-order valence-corrected chi connectivity index (χ3v) is 7.84. The van der Waals surface area contributed by atoms with E-state index in [0.717, 1.165) is 42.5 Å². The molecule has 0 N–H and O–H groups in total. The molecule has 0 saturated heterocycles. The number of para-hydroxylation sites is 1. The molecule has 1 aromatic heterocycles. The monoisotopic (exact) mass is 650 g/mol. The highest BCUT2D eigenvalue weighted by atomic mass is 19.2. The number of halogens is 7. The predicted molar refractivity (Wildman–Crippen MR) is 172 cm³/mol. The summed E-state index contributed by atoms with van der Waals surface area (Å²) in [6, 6.07) is 26.2. The molecule has 0 aliphatic heterocycles. The minimum atomic E-state index is -0.847. The quantitative estimate of drug-likeness (QED) is 0.167. The van der Waals surface area contributed by atoms with Crippen molar-refractivity contribution >= 4 is 28.0 Å². The summed E-state index contributed by atoms with van der Waals surface area (Å²) in [7, 11) is 0. The van der Waals surface area contributed by atoms with Crippen molar-refractivity contribution in [2.75, 3.05) is 4.90 Å². The van der Waals surface area contributed by atoms with Crippen LogP contribution in [0.5, 0.6) is 0 Å². The van der Waals surface area contributed by atoms with Gasteiger partial charge in [0, 0.05) is 46.6 Å². The molecule has 7 aromatic rings. The summed E-state index contributed by atoms with van der Waals surface area (Å²) in [5.41, 5.74) is 3.02. The average molecular weight is 651 g/mol. The predicted octanol–water partition coefficient (Wildman–Crippen LogP) is 11.7. The van der Waals surface area contributed by atoms with Crippen molar-refractivity contribution in [2.24, 2.45) is 0 Å². The van der Waals surface area contributed by atoms with Gasteiger partial charge in [0.2, 0.25) is 0 Å². The van der Waals surface area contributed by atoms with Gasteiger partial charge in [-0.2, -0.15) is 0 Å². The number of anilines is 3. The summed E-state index contributed by atoms with van der Waals surface area (Å²) in [4.78, 5) is 6.27. The molecule has 0 bridgehead atoms. The minimum absolute atomic E-state index is 0.116. The van der Waals surface area contributed by atoms with Gasteiger partial charge in [-0.15, -0.1) is 0 Å². The standard InChI is InChI=1S/C39H21F7N2/c40-26-5-7-33(8-6-26)48(37-4-2-1-3-34(37)24-13-29(43)20-30(44)14-24)38-9-10-47-39-35(25-15-31(45)21-32(46)16-25)17-23(18-36(38)39)22-11-27(41)19-28(42)12-22/h1-21H. The van der Waals surface area contributed by atoms with Crippen molar-refractivity contribution in [1.29, 1.82) is 0 Å². The Morgan fingerprint density at radius 1 is 0.396 bits per heavy atom. The largest absolute Gasteiger partial charge is 0.309 e. The van der Waals surface area contributed by atoms with E-state index in [2.05, 4.69) is 4.98 Å². The number of benzene rings is 6. The van der Waals surface area contributed by atoms with E-state index >= 15 is 0 Å². The zero-order valence-electron chi connectivity index (χ0n) is 24.7. The van der Waals surface area contributed by atoms with Crippen LogP contribution in [0, 0.1) is 40.7 Å². The lowest BCUT2D eigenvalue weighted by atomic mass is 9.94. The molecule has 0 saturated carbocycles. The Hall–Kier alpha value is -5.96. The second kappa shape index (κ2) is 12.3. The van der Waals surface area contributed by atoms with Crippen LogP contribution in [0.4, 0.5) is 47.8 Å². The highest BCUT2D eigenvalue weighted by Gasteiger charge is 2.22. The number of pyridine rings is 1. The van der Waals surface area contributed by atoms with Crippen molar-refractivity contribution in [3.63, 3.8) is 0 Å². The highest BCUT2D eigenvalue weighted by Crippen LogP contribution is 2.45.